The summed E-state index contributed by atoms with van der Waals surface area (Å²) in [6.07, 6.45) is 3.02. The Morgan fingerprint density at radius 1 is 1.25 bits per heavy atom. The molecule has 0 bridgehead atoms. The molecule has 3 aromatic rings. The maximum absolute atomic E-state index is 11.6. The molecular weight excluding hydrogens is 396 g/mol. The summed E-state index contributed by atoms with van der Waals surface area (Å²) < 4.78 is 30.8. The lowest BCUT2D eigenvalue weighted by Crippen LogP contribution is -2.11. The minimum absolute atomic E-state index is 0.137. The van der Waals surface area contributed by atoms with Crippen LogP contribution in [-0.2, 0) is 29.1 Å². The van der Waals surface area contributed by atoms with E-state index in [9.17, 15) is 8.42 Å². The van der Waals surface area contributed by atoms with Crippen molar-refractivity contribution < 1.29 is 12.8 Å². The van der Waals surface area contributed by atoms with Crippen LogP contribution in [-0.4, -0.2) is 39.7 Å². The molecule has 1 fully saturated rings. The van der Waals surface area contributed by atoms with Gasteiger partial charge in [0.05, 0.1) is 17.2 Å². The lowest BCUT2D eigenvalue weighted by atomic mass is 10.1. The van der Waals surface area contributed by atoms with E-state index in [1.165, 1.54) is 17.3 Å². The van der Waals surface area contributed by atoms with Gasteiger partial charge in [-0.25, -0.2) is 13.4 Å². The summed E-state index contributed by atoms with van der Waals surface area (Å²) in [7, 11) is -0.954. The van der Waals surface area contributed by atoms with Gasteiger partial charge >= 0.3 is 0 Å². The van der Waals surface area contributed by atoms with Crippen molar-refractivity contribution in [1.29, 1.82) is 0 Å². The van der Waals surface area contributed by atoms with E-state index in [2.05, 4.69) is 15.2 Å². The molecule has 1 atom stereocenters. The Bertz CT molecular complexity index is 1070. The zero-order valence-corrected chi connectivity index (χ0v) is 17.5. The van der Waals surface area contributed by atoms with Gasteiger partial charge in [-0.2, -0.15) is 0 Å². The molecule has 1 aliphatic rings. The number of nitrogens with zero attached hydrogens (tertiary/aromatic N) is 4. The van der Waals surface area contributed by atoms with Crippen molar-refractivity contribution in [2.45, 2.75) is 30.7 Å². The van der Waals surface area contributed by atoms with E-state index in [1.54, 1.807) is 6.26 Å². The second-order valence-electron chi connectivity index (χ2n) is 7.23. The highest BCUT2D eigenvalue weighted by Crippen LogP contribution is 2.26. The van der Waals surface area contributed by atoms with Crippen LogP contribution in [0.15, 0.2) is 40.1 Å². The smallest absolute Gasteiger partial charge is 0.226 e. The van der Waals surface area contributed by atoms with E-state index in [0.717, 1.165) is 22.2 Å². The Labute approximate surface area is 168 Å². The highest BCUT2D eigenvalue weighted by Gasteiger charge is 2.29. The first-order valence-electron chi connectivity index (χ1n) is 9.12. The van der Waals surface area contributed by atoms with E-state index in [-0.39, 0.29) is 17.4 Å². The Morgan fingerprint density at radius 2 is 2.04 bits per heavy atom. The van der Waals surface area contributed by atoms with Crippen LogP contribution in [0.2, 0.25) is 0 Å². The Hall–Kier alpha value is -2.13. The van der Waals surface area contributed by atoms with Gasteiger partial charge in [-0.1, -0.05) is 29.5 Å². The number of thioether (sulfide) groups is 1. The highest BCUT2D eigenvalue weighted by atomic mass is 32.2. The van der Waals surface area contributed by atoms with Crippen molar-refractivity contribution in [3.05, 3.63) is 47.6 Å². The van der Waals surface area contributed by atoms with Crippen LogP contribution >= 0.6 is 11.8 Å². The largest absolute Gasteiger partial charge is 0.444 e. The topological polar surface area (TPSA) is 90.9 Å². The van der Waals surface area contributed by atoms with E-state index < -0.39 is 9.84 Å². The van der Waals surface area contributed by atoms with Crippen molar-refractivity contribution in [1.82, 2.24) is 19.7 Å². The second kappa shape index (κ2) is 7.71. The maximum atomic E-state index is 11.6. The van der Waals surface area contributed by atoms with E-state index in [1.807, 2.05) is 42.8 Å². The normalized spacial score (nSPS) is 18.6. The first-order chi connectivity index (χ1) is 13.4. The van der Waals surface area contributed by atoms with Gasteiger partial charge in [0.2, 0.25) is 5.89 Å². The molecule has 2 aromatic heterocycles. The molecular formula is C19H22N4O3S2. The van der Waals surface area contributed by atoms with Gasteiger partial charge in [0.15, 0.2) is 15.0 Å². The first kappa shape index (κ1) is 19.2. The molecule has 1 aliphatic heterocycles. The van der Waals surface area contributed by atoms with E-state index in [0.29, 0.717) is 24.5 Å². The summed E-state index contributed by atoms with van der Waals surface area (Å²) in [5.74, 6) is 2.73. The van der Waals surface area contributed by atoms with Gasteiger partial charge < -0.3 is 8.98 Å². The van der Waals surface area contributed by atoms with Crippen molar-refractivity contribution in [3.8, 4) is 11.5 Å². The van der Waals surface area contributed by atoms with Crippen LogP contribution in [0.25, 0.3) is 11.5 Å². The summed E-state index contributed by atoms with van der Waals surface area (Å²) in [5.41, 5.74) is 2.99. The van der Waals surface area contributed by atoms with Gasteiger partial charge in [-0.3, -0.25) is 0 Å². The Balaban J connectivity index is 1.38. The number of aromatic nitrogens is 4. The lowest BCUT2D eigenvalue weighted by molar-refractivity contribution is 0.552. The van der Waals surface area contributed by atoms with Crippen LogP contribution in [0.3, 0.4) is 0 Å². The van der Waals surface area contributed by atoms with Crippen LogP contribution < -0.4 is 0 Å². The fourth-order valence-corrected chi connectivity index (χ4v) is 5.95. The molecule has 4 rings (SSSR count). The number of hydrogen-bond donors (Lipinski definition) is 0. The summed E-state index contributed by atoms with van der Waals surface area (Å²) in [6.45, 7) is 2.04. The van der Waals surface area contributed by atoms with Gasteiger partial charge in [0, 0.05) is 24.8 Å². The predicted molar refractivity (Wildman–Crippen MR) is 108 cm³/mol. The number of hydrogen-bond acceptors (Lipinski definition) is 7. The van der Waals surface area contributed by atoms with Crippen molar-refractivity contribution in [3.63, 3.8) is 0 Å². The molecule has 1 aromatic carbocycles. The molecule has 148 valence electrons. The SMILES string of the molecule is Cc1ccc(-c2nc(CSc3nnc(CC4CCS(=O)(=O)C4)n3C)co2)cc1. The monoisotopic (exact) mass is 418 g/mol. The number of sulfone groups is 1. The van der Waals surface area contributed by atoms with E-state index in [4.69, 9.17) is 4.42 Å². The van der Waals surface area contributed by atoms with Crippen LogP contribution in [0.5, 0.6) is 0 Å². The Morgan fingerprint density at radius 3 is 2.75 bits per heavy atom. The minimum atomic E-state index is -2.87. The second-order valence-corrected chi connectivity index (χ2v) is 10.4. The molecule has 0 aliphatic carbocycles. The number of oxazole rings is 1. The lowest BCUT2D eigenvalue weighted by Gasteiger charge is -2.07. The fraction of sp³-hybridized carbons (Fsp3) is 0.421. The van der Waals surface area contributed by atoms with Gasteiger partial charge in [-0.05, 0) is 31.4 Å². The number of rotatable bonds is 6. The fourth-order valence-electron chi connectivity index (χ4n) is 3.28. The molecule has 0 saturated carbocycles. The standard InChI is InChI=1S/C19H22N4O3S2/c1-13-3-5-15(6-4-13)18-20-16(10-26-18)11-27-19-22-21-17(23(19)2)9-14-7-8-28(24,25)12-14/h3-6,10,14H,7-9,11-12H2,1-2H3. The molecule has 3 heterocycles. The zero-order valence-electron chi connectivity index (χ0n) is 15.8. The molecule has 1 unspecified atom stereocenters. The summed E-state index contributed by atoms with van der Waals surface area (Å²) in [6, 6.07) is 8.06. The summed E-state index contributed by atoms with van der Waals surface area (Å²) in [5, 5.41) is 9.29. The third-order valence-corrected chi connectivity index (χ3v) is 7.81. The average molecular weight is 419 g/mol. The number of benzene rings is 1. The third-order valence-electron chi connectivity index (χ3n) is 4.92. The van der Waals surface area contributed by atoms with Crippen molar-refractivity contribution in [2.24, 2.45) is 13.0 Å². The van der Waals surface area contributed by atoms with Crippen LogP contribution in [0, 0.1) is 12.8 Å². The third kappa shape index (κ3) is 4.30. The molecule has 9 heteroatoms. The Kier molecular flexibility index (Phi) is 5.29. The molecule has 0 spiro atoms. The summed E-state index contributed by atoms with van der Waals surface area (Å²) in [4.78, 5) is 4.55. The average Bonchev–Trinajstić information content (AvgIpc) is 3.35. The molecule has 0 radical (unpaired) electrons. The van der Waals surface area contributed by atoms with Crippen LogP contribution in [0.4, 0.5) is 0 Å². The molecule has 1 saturated heterocycles. The van der Waals surface area contributed by atoms with Crippen LogP contribution in [0.1, 0.15) is 23.5 Å². The summed E-state index contributed by atoms with van der Waals surface area (Å²) >= 11 is 1.54. The van der Waals surface area contributed by atoms with Crippen molar-refractivity contribution >= 4 is 21.6 Å². The predicted octanol–water partition coefficient (Wildman–Crippen LogP) is 3.05. The molecule has 7 nitrogen and oxygen atoms in total. The zero-order chi connectivity index (χ0) is 19.7. The quantitative estimate of drug-likeness (QED) is 0.568. The van der Waals surface area contributed by atoms with Gasteiger partial charge in [0.25, 0.3) is 0 Å². The number of aryl methyl sites for hydroxylation is 1. The molecule has 0 N–H and O–H groups in total. The maximum Gasteiger partial charge on any atom is 0.226 e. The molecule has 28 heavy (non-hydrogen) atoms. The van der Waals surface area contributed by atoms with Gasteiger partial charge in [-0.15, -0.1) is 10.2 Å². The first-order valence-corrected chi connectivity index (χ1v) is 11.9. The minimum Gasteiger partial charge on any atom is -0.444 e. The highest BCUT2D eigenvalue weighted by molar-refractivity contribution is 7.98. The van der Waals surface area contributed by atoms with Crippen molar-refractivity contribution in [2.75, 3.05) is 11.5 Å². The van der Waals surface area contributed by atoms with Gasteiger partial charge in [0.1, 0.15) is 12.1 Å². The molecule has 0 amide bonds. The van der Waals surface area contributed by atoms with E-state index >= 15 is 0 Å².